The topological polar surface area (TPSA) is 30.3 Å². The maximum atomic E-state index is 11.1. The number of hydrogen-bond donors (Lipinski definition) is 0. The maximum Gasteiger partial charge on any atom is 0.0998 e. The minimum atomic E-state index is 0.0120. The van der Waals surface area contributed by atoms with E-state index in [1.807, 2.05) is 0 Å². The van der Waals surface area contributed by atoms with Crippen LogP contribution in [0.25, 0.3) is 43.4 Å². The first-order valence-corrected chi connectivity index (χ1v) is 21.8. The minimum absolute atomic E-state index is 0.0120. The molecular weight excluding hydrogens is 751 g/mol. The molecule has 0 N–H and O–H groups in total. The van der Waals surface area contributed by atoms with Gasteiger partial charge in [0.2, 0.25) is 0 Å². The fourth-order valence-electron chi connectivity index (χ4n) is 9.51. The molecule has 0 saturated carbocycles. The van der Waals surface area contributed by atoms with E-state index < -0.39 is 0 Å². The number of aryl methyl sites for hydroxylation is 4. The third-order valence-electron chi connectivity index (χ3n) is 12.5. The van der Waals surface area contributed by atoms with Crippen LogP contribution in [0.2, 0.25) is 0 Å². The van der Waals surface area contributed by atoms with Crippen LogP contribution in [0.4, 0.5) is 34.1 Å². The summed E-state index contributed by atoms with van der Waals surface area (Å²) in [5.41, 5.74) is 16.7. The Hall–Kier alpha value is -6.89. The third kappa shape index (κ3) is 7.24. The third-order valence-corrected chi connectivity index (χ3v) is 12.5. The Morgan fingerprint density at radius 2 is 0.806 bits per heavy atom. The van der Waals surface area contributed by atoms with Gasteiger partial charge in [0, 0.05) is 49.7 Å². The highest BCUT2D eigenvalue weighted by Gasteiger charge is 2.26. The van der Waals surface area contributed by atoms with Crippen LogP contribution < -0.4 is 9.80 Å². The largest absolute Gasteiger partial charge is 0.310 e. The van der Waals surface area contributed by atoms with Crippen molar-refractivity contribution in [3.05, 3.63) is 191 Å². The van der Waals surface area contributed by atoms with Crippen LogP contribution in [-0.4, -0.2) is 0 Å². The molecule has 3 nitrogen and oxygen atoms in total. The molecule has 0 radical (unpaired) electrons. The lowest BCUT2D eigenvalue weighted by Gasteiger charge is -2.31. The summed E-state index contributed by atoms with van der Waals surface area (Å²) in [5, 5.41) is 17.6. The van der Waals surface area contributed by atoms with E-state index in [0.717, 1.165) is 77.6 Å². The smallest absolute Gasteiger partial charge is 0.0998 e. The molecule has 0 unspecified atom stereocenters. The first-order chi connectivity index (χ1) is 29.6. The van der Waals surface area contributed by atoms with E-state index >= 15 is 0 Å². The average Bonchev–Trinajstić information content (AvgIpc) is 3.23. The zero-order chi connectivity index (χ0) is 43.7. The molecule has 0 bridgehead atoms. The summed E-state index contributed by atoms with van der Waals surface area (Å²) in [7, 11) is 0. The highest BCUT2D eigenvalue weighted by molar-refractivity contribution is 6.31. The quantitative estimate of drug-likeness (QED) is 0.150. The van der Waals surface area contributed by atoms with Gasteiger partial charge in [0.15, 0.2) is 0 Å². The Kier molecular flexibility index (Phi) is 9.95. The van der Waals surface area contributed by atoms with Gasteiger partial charge in [-0.3, -0.25) is 0 Å². The number of nitriles is 1. The first kappa shape index (κ1) is 40.5. The second-order valence-corrected chi connectivity index (χ2v) is 19.4. The highest BCUT2D eigenvalue weighted by Crippen LogP contribution is 2.51. The SMILES string of the molecule is Cc1cc(C)cc(N(c2ccc(C(C)(C)C)cc2)c2cc(C#N)c3ccc4c(N(c5ccc(C(C)(C)C)cc5)c5cc(C)cc(C)c5)cc(-c5ccccc5)c5ccc2c3c54)c1. The molecule has 0 aromatic heterocycles. The van der Waals surface area contributed by atoms with Gasteiger partial charge in [0.1, 0.15) is 0 Å². The second-order valence-electron chi connectivity index (χ2n) is 19.4. The second kappa shape index (κ2) is 15.2. The number of rotatable bonds is 7. The summed E-state index contributed by atoms with van der Waals surface area (Å²) in [6.07, 6.45) is 0. The maximum absolute atomic E-state index is 11.1. The first-order valence-electron chi connectivity index (χ1n) is 21.8. The Balaban J connectivity index is 1.41. The lowest BCUT2D eigenvalue weighted by Crippen LogP contribution is -2.14. The molecule has 0 atom stereocenters. The van der Waals surface area contributed by atoms with Gasteiger partial charge in [-0.1, -0.05) is 133 Å². The molecule has 0 aliphatic heterocycles. The van der Waals surface area contributed by atoms with Crippen molar-refractivity contribution in [1.29, 1.82) is 5.26 Å². The van der Waals surface area contributed by atoms with Crippen molar-refractivity contribution in [3.8, 4) is 17.2 Å². The Bertz CT molecular complexity index is 3130. The van der Waals surface area contributed by atoms with Crippen molar-refractivity contribution < 1.29 is 0 Å². The molecule has 0 spiro atoms. The Morgan fingerprint density at radius 1 is 0.403 bits per heavy atom. The lowest BCUT2D eigenvalue weighted by atomic mass is 9.85. The molecule has 9 rings (SSSR count). The van der Waals surface area contributed by atoms with Crippen molar-refractivity contribution in [2.45, 2.75) is 80.1 Å². The molecule has 0 aliphatic rings. The molecule has 9 aromatic rings. The van der Waals surface area contributed by atoms with E-state index in [4.69, 9.17) is 0 Å². The van der Waals surface area contributed by atoms with E-state index in [1.165, 1.54) is 33.4 Å². The Labute approximate surface area is 367 Å². The number of hydrogen-bond acceptors (Lipinski definition) is 3. The average molecular weight is 806 g/mol. The fourth-order valence-corrected chi connectivity index (χ4v) is 9.51. The van der Waals surface area contributed by atoms with Crippen molar-refractivity contribution in [3.63, 3.8) is 0 Å². The predicted molar refractivity (Wildman–Crippen MR) is 266 cm³/mol. The zero-order valence-corrected chi connectivity index (χ0v) is 37.8. The van der Waals surface area contributed by atoms with Gasteiger partial charge in [0.05, 0.1) is 23.0 Å². The summed E-state index contributed by atoms with van der Waals surface area (Å²) in [5.74, 6) is 0. The van der Waals surface area contributed by atoms with Gasteiger partial charge in [-0.2, -0.15) is 5.26 Å². The molecular formula is C59H55N3. The van der Waals surface area contributed by atoms with Crippen LogP contribution >= 0.6 is 0 Å². The molecule has 62 heavy (non-hydrogen) atoms. The van der Waals surface area contributed by atoms with E-state index in [2.05, 4.69) is 237 Å². The summed E-state index contributed by atoms with van der Waals surface area (Å²) in [4.78, 5) is 4.80. The van der Waals surface area contributed by atoms with E-state index in [9.17, 15) is 5.26 Å². The van der Waals surface area contributed by atoms with Gasteiger partial charge in [-0.05, 0) is 149 Å². The van der Waals surface area contributed by atoms with E-state index in [-0.39, 0.29) is 10.8 Å². The molecule has 306 valence electrons. The Morgan fingerprint density at radius 3 is 1.24 bits per heavy atom. The van der Waals surface area contributed by atoms with Crippen LogP contribution in [0.3, 0.4) is 0 Å². The summed E-state index contributed by atoms with van der Waals surface area (Å²) in [6.45, 7) is 22.2. The molecule has 9 aromatic carbocycles. The van der Waals surface area contributed by atoms with Gasteiger partial charge in [-0.15, -0.1) is 0 Å². The number of nitrogens with zero attached hydrogens (tertiary/aromatic N) is 3. The van der Waals surface area contributed by atoms with Gasteiger partial charge < -0.3 is 9.80 Å². The number of benzene rings is 9. The van der Waals surface area contributed by atoms with Crippen LogP contribution in [-0.2, 0) is 10.8 Å². The van der Waals surface area contributed by atoms with Gasteiger partial charge in [0.25, 0.3) is 0 Å². The molecule has 3 heteroatoms. The van der Waals surface area contributed by atoms with Crippen LogP contribution in [0.1, 0.15) is 80.5 Å². The van der Waals surface area contributed by atoms with Gasteiger partial charge >= 0.3 is 0 Å². The highest BCUT2D eigenvalue weighted by atomic mass is 15.2. The van der Waals surface area contributed by atoms with Crippen LogP contribution in [0.5, 0.6) is 0 Å². The van der Waals surface area contributed by atoms with Crippen LogP contribution in [0.15, 0.2) is 152 Å². The summed E-state index contributed by atoms with van der Waals surface area (Å²) < 4.78 is 0. The fraction of sp³-hybridized carbons (Fsp3) is 0.203. The van der Waals surface area contributed by atoms with Crippen LogP contribution in [0, 0.1) is 39.0 Å². The van der Waals surface area contributed by atoms with Gasteiger partial charge in [-0.25, -0.2) is 0 Å². The molecule has 0 aliphatic carbocycles. The normalized spacial score (nSPS) is 12.0. The van der Waals surface area contributed by atoms with Crippen molar-refractivity contribution >= 4 is 66.4 Å². The molecule has 0 fully saturated rings. The summed E-state index contributed by atoms with van der Waals surface area (Å²) in [6, 6.07) is 58.6. The minimum Gasteiger partial charge on any atom is -0.310 e. The summed E-state index contributed by atoms with van der Waals surface area (Å²) >= 11 is 0. The molecule has 0 saturated heterocycles. The molecule has 0 amide bonds. The lowest BCUT2D eigenvalue weighted by molar-refractivity contribution is 0.590. The monoisotopic (exact) mass is 805 g/mol. The van der Waals surface area contributed by atoms with E-state index in [0.29, 0.717) is 5.56 Å². The van der Waals surface area contributed by atoms with Crippen molar-refractivity contribution in [2.24, 2.45) is 0 Å². The standard InChI is InChI=1S/C59H55N3/c1-37-28-38(2)31-47(30-37)61(45-20-16-43(17-21-45)58(5,6)7)54-34-42(36-60)49-24-26-52-55(35-53(41-14-12-11-13-15-41)50-25-27-51(54)56(49)57(50)52)62(48-32-39(3)29-40(4)33-48)46-22-18-44(19-23-46)59(8,9)10/h11-35H,1-10H3. The predicted octanol–water partition coefficient (Wildman–Crippen LogP) is 16.9. The van der Waals surface area contributed by atoms with Crippen molar-refractivity contribution in [2.75, 3.05) is 9.80 Å². The molecule has 0 heterocycles. The number of anilines is 6. The zero-order valence-electron chi connectivity index (χ0n) is 37.8. The van der Waals surface area contributed by atoms with E-state index in [1.54, 1.807) is 0 Å². The van der Waals surface area contributed by atoms with Crippen molar-refractivity contribution in [1.82, 2.24) is 0 Å².